The SMILES string of the molecule is COc1ccc(S(=O)(=O)N(CC(=O)N(Cc2ccccc2C)[C@@H](C)C(=O)NC2CCCC2)c2ccc(Cl)cc2)cc1OC. The van der Waals surface area contributed by atoms with Gasteiger partial charge in [-0.15, -0.1) is 0 Å². The summed E-state index contributed by atoms with van der Waals surface area (Å²) in [5, 5.41) is 3.49. The number of ether oxygens (including phenoxy) is 2. The maximum absolute atomic E-state index is 14.2. The van der Waals surface area contributed by atoms with Crippen molar-refractivity contribution in [1.29, 1.82) is 0 Å². The molecule has 230 valence electrons. The van der Waals surface area contributed by atoms with Crippen LogP contribution in [0.25, 0.3) is 0 Å². The maximum Gasteiger partial charge on any atom is 0.264 e. The molecule has 9 nitrogen and oxygen atoms in total. The molecule has 1 atom stereocenters. The van der Waals surface area contributed by atoms with Gasteiger partial charge in [0.15, 0.2) is 11.5 Å². The third-order valence-corrected chi connectivity index (χ3v) is 9.83. The van der Waals surface area contributed by atoms with E-state index >= 15 is 0 Å². The number of carbonyl (C=O) groups excluding carboxylic acids is 2. The van der Waals surface area contributed by atoms with Gasteiger partial charge >= 0.3 is 0 Å². The summed E-state index contributed by atoms with van der Waals surface area (Å²) < 4.78 is 39.9. The highest BCUT2D eigenvalue weighted by atomic mass is 35.5. The number of nitrogens with one attached hydrogen (secondary N) is 1. The summed E-state index contributed by atoms with van der Waals surface area (Å²) in [6, 6.07) is 17.3. The van der Waals surface area contributed by atoms with Gasteiger partial charge in [-0.2, -0.15) is 0 Å². The van der Waals surface area contributed by atoms with Gasteiger partial charge in [0.25, 0.3) is 10.0 Å². The molecular formula is C32H38ClN3O6S. The molecular weight excluding hydrogens is 590 g/mol. The van der Waals surface area contributed by atoms with Gasteiger partial charge in [-0.1, -0.05) is 48.7 Å². The largest absolute Gasteiger partial charge is 0.493 e. The molecule has 1 aliphatic carbocycles. The summed E-state index contributed by atoms with van der Waals surface area (Å²) in [6.07, 6.45) is 3.90. The fourth-order valence-electron chi connectivity index (χ4n) is 5.19. The first-order valence-electron chi connectivity index (χ1n) is 14.2. The zero-order valence-electron chi connectivity index (χ0n) is 24.9. The van der Waals surface area contributed by atoms with Crippen LogP contribution in [0.5, 0.6) is 11.5 Å². The molecule has 1 N–H and O–H groups in total. The Labute approximate surface area is 258 Å². The minimum absolute atomic E-state index is 0.0707. The Hall–Kier alpha value is -3.76. The Bertz CT molecular complexity index is 1540. The first-order chi connectivity index (χ1) is 20.5. The van der Waals surface area contributed by atoms with Crippen LogP contribution in [0.3, 0.4) is 0 Å². The highest BCUT2D eigenvalue weighted by molar-refractivity contribution is 7.92. The normalized spacial score (nSPS) is 14.2. The van der Waals surface area contributed by atoms with E-state index in [-0.39, 0.29) is 34.8 Å². The predicted molar refractivity (Wildman–Crippen MR) is 167 cm³/mol. The molecule has 1 saturated carbocycles. The number of nitrogens with zero attached hydrogens (tertiary/aromatic N) is 2. The highest BCUT2D eigenvalue weighted by Crippen LogP contribution is 2.33. The Balaban J connectivity index is 1.72. The number of hydrogen-bond acceptors (Lipinski definition) is 6. The number of methoxy groups -OCH3 is 2. The lowest BCUT2D eigenvalue weighted by Gasteiger charge is -2.33. The summed E-state index contributed by atoms with van der Waals surface area (Å²) in [5.74, 6) is -0.211. The molecule has 0 saturated heterocycles. The molecule has 1 aliphatic rings. The molecule has 0 heterocycles. The van der Waals surface area contributed by atoms with Crippen molar-refractivity contribution in [2.45, 2.75) is 63.1 Å². The highest BCUT2D eigenvalue weighted by Gasteiger charge is 2.34. The van der Waals surface area contributed by atoms with Crippen molar-refractivity contribution in [3.05, 3.63) is 82.9 Å². The smallest absolute Gasteiger partial charge is 0.264 e. The Kier molecular flexibility index (Phi) is 10.6. The monoisotopic (exact) mass is 627 g/mol. The van der Waals surface area contributed by atoms with E-state index in [2.05, 4.69) is 5.32 Å². The molecule has 0 spiro atoms. The van der Waals surface area contributed by atoms with E-state index in [1.54, 1.807) is 19.1 Å². The van der Waals surface area contributed by atoms with Crippen LogP contribution in [-0.4, -0.2) is 58.0 Å². The molecule has 0 unspecified atom stereocenters. The van der Waals surface area contributed by atoms with Crippen LogP contribution < -0.4 is 19.1 Å². The summed E-state index contributed by atoms with van der Waals surface area (Å²) in [4.78, 5) is 28.9. The van der Waals surface area contributed by atoms with Crippen LogP contribution in [-0.2, 0) is 26.2 Å². The lowest BCUT2D eigenvalue weighted by Crippen LogP contribution is -2.52. The van der Waals surface area contributed by atoms with Crippen molar-refractivity contribution in [1.82, 2.24) is 10.2 Å². The predicted octanol–water partition coefficient (Wildman–Crippen LogP) is 5.34. The van der Waals surface area contributed by atoms with Gasteiger partial charge in [-0.05, 0) is 74.2 Å². The van der Waals surface area contributed by atoms with E-state index in [1.807, 2.05) is 31.2 Å². The average molecular weight is 628 g/mol. The molecule has 0 radical (unpaired) electrons. The molecule has 3 aromatic carbocycles. The number of anilines is 1. The van der Waals surface area contributed by atoms with E-state index in [0.717, 1.165) is 41.1 Å². The number of carbonyl (C=O) groups is 2. The molecule has 2 amide bonds. The number of aryl methyl sites for hydroxylation is 1. The van der Waals surface area contributed by atoms with Crippen LogP contribution in [0, 0.1) is 6.92 Å². The van der Waals surface area contributed by atoms with Gasteiger partial charge in [0.1, 0.15) is 12.6 Å². The first-order valence-corrected chi connectivity index (χ1v) is 16.0. The first kappa shape index (κ1) is 32.2. The Morgan fingerprint density at radius 3 is 2.26 bits per heavy atom. The second-order valence-electron chi connectivity index (χ2n) is 10.6. The van der Waals surface area contributed by atoms with Gasteiger partial charge in [-0.3, -0.25) is 13.9 Å². The van der Waals surface area contributed by atoms with E-state index in [1.165, 1.54) is 49.5 Å². The number of rotatable bonds is 12. The zero-order chi connectivity index (χ0) is 31.1. The topological polar surface area (TPSA) is 105 Å². The van der Waals surface area contributed by atoms with Crippen LogP contribution >= 0.6 is 11.6 Å². The van der Waals surface area contributed by atoms with Gasteiger partial charge in [0.05, 0.1) is 24.8 Å². The number of hydrogen-bond donors (Lipinski definition) is 1. The third-order valence-electron chi connectivity index (χ3n) is 7.81. The summed E-state index contributed by atoms with van der Waals surface area (Å²) in [6.45, 7) is 3.19. The van der Waals surface area contributed by atoms with Gasteiger partial charge in [-0.25, -0.2) is 8.42 Å². The second-order valence-corrected chi connectivity index (χ2v) is 12.9. The molecule has 0 bridgehead atoms. The van der Waals surface area contributed by atoms with E-state index in [9.17, 15) is 18.0 Å². The number of amides is 2. The van der Waals surface area contributed by atoms with Gasteiger partial charge in [0.2, 0.25) is 11.8 Å². The van der Waals surface area contributed by atoms with Crippen LogP contribution in [0.15, 0.2) is 71.6 Å². The standard InChI is InChI=1S/C32H38ClN3O6S/c1-22-9-5-6-10-24(22)20-35(23(2)32(38)34-26-11-7-8-12-26)31(37)21-36(27-15-13-25(33)14-16-27)43(39,40)28-17-18-29(41-3)30(19-28)42-4/h5-6,9-10,13-19,23,26H,7-8,11-12,20-21H2,1-4H3,(H,34,38)/t23-/m0/s1. The van der Waals surface area contributed by atoms with Gasteiger partial charge < -0.3 is 19.7 Å². The third kappa shape index (κ3) is 7.61. The Morgan fingerprint density at radius 1 is 0.977 bits per heavy atom. The quantitative estimate of drug-likeness (QED) is 0.291. The average Bonchev–Trinajstić information content (AvgIpc) is 3.52. The fourth-order valence-corrected chi connectivity index (χ4v) is 6.74. The van der Waals surface area contributed by atoms with E-state index < -0.39 is 28.5 Å². The van der Waals surface area contributed by atoms with E-state index in [0.29, 0.717) is 10.8 Å². The second kappa shape index (κ2) is 14.1. The lowest BCUT2D eigenvalue weighted by molar-refractivity contribution is -0.139. The van der Waals surface area contributed by atoms with Crippen LogP contribution in [0.1, 0.15) is 43.7 Å². The minimum Gasteiger partial charge on any atom is -0.493 e. The van der Waals surface area contributed by atoms with Crippen LogP contribution in [0.4, 0.5) is 5.69 Å². The number of benzene rings is 3. The van der Waals surface area contributed by atoms with Crippen molar-refractivity contribution in [3.63, 3.8) is 0 Å². The number of halogens is 1. The molecule has 3 aromatic rings. The minimum atomic E-state index is -4.29. The zero-order valence-corrected chi connectivity index (χ0v) is 26.5. The lowest BCUT2D eigenvalue weighted by atomic mass is 10.1. The van der Waals surface area contributed by atoms with Crippen molar-refractivity contribution in [2.24, 2.45) is 0 Å². The Morgan fingerprint density at radius 2 is 1.63 bits per heavy atom. The number of sulfonamides is 1. The molecule has 11 heteroatoms. The van der Waals surface area contributed by atoms with Crippen molar-refractivity contribution in [2.75, 3.05) is 25.1 Å². The maximum atomic E-state index is 14.2. The molecule has 0 aromatic heterocycles. The summed E-state index contributed by atoms with van der Waals surface area (Å²) in [7, 11) is -1.42. The fraction of sp³-hybridized carbons (Fsp3) is 0.375. The molecule has 4 rings (SSSR count). The molecule has 43 heavy (non-hydrogen) atoms. The summed E-state index contributed by atoms with van der Waals surface area (Å²) >= 11 is 6.11. The molecule has 0 aliphatic heterocycles. The van der Waals surface area contributed by atoms with Crippen LogP contribution in [0.2, 0.25) is 5.02 Å². The van der Waals surface area contributed by atoms with Crippen molar-refractivity contribution >= 4 is 39.1 Å². The summed E-state index contributed by atoms with van der Waals surface area (Å²) in [5.41, 5.74) is 2.06. The van der Waals surface area contributed by atoms with Crippen molar-refractivity contribution in [3.8, 4) is 11.5 Å². The van der Waals surface area contributed by atoms with Gasteiger partial charge in [0, 0.05) is 23.7 Å². The molecule has 1 fully saturated rings. The van der Waals surface area contributed by atoms with Crippen molar-refractivity contribution < 1.29 is 27.5 Å². The van der Waals surface area contributed by atoms with E-state index in [4.69, 9.17) is 21.1 Å².